The first kappa shape index (κ1) is 24.5. The van der Waals surface area contributed by atoms with Crippen LogP contribution < -0.4 is 4.90 Å². The monoisotopic (exact) mass is 512 g/mol. The number of benzene rings is 2. The molecule has 0 N–H and O–H groups in total. The summed E-state index contributed by atoms with van der Waals surface area (Å²) in [4.78, 5) is 33.9. The number of nitriles is 1. The summed E-state index contributed by atoms with van der Waals surface area (Å²) in [5, 5.41) is 9.03. The molecule has 2 aromatic carbocycles. The maximum atomic E-state index is 14.8. The molecule has 1 spiro atoms. The van der Waals surface area contributed by atoms with Gasteiger partial charge in [-0.2, -0.15) is 18.4 Å². The lowest BCUT2D eigenvalue weighted by Gasteiger charge is -2.56. The van der Waals surface area contributed by atoms with E-state index in [1.54, 1.807) is 13.1 Å². The molecule has 0 bridgehead atoms. The zero-order valence-corrected chi connectivity index (χ0v) is 19.6. The van der Waals surface area contributed by atoms with Crippen molar-refractivity contribution in [3.8, 4) is 6.07 Å². The summed E-state index contributed by atoms with van der Waals surface area (Å²) in [7, 11) is 0. The number of carbonyl (C=O) groups excluding carboxylic acids is 2. The Hall–Kier alpha value is -4.20. The number of nitrogens with zero attached hydrogens (tertiary/aromatic N) is 4. The summed E-state index contributed by atoms with van der Waals surface area (Å²) < 4.78 is 59.4. The van der Waals surface area contributed by atoms with E-state index in [1.165, 1.54) is 29.2 Å². The topological polar surface area (TPSA) is 90.4 Å². The van der Waals surface area contributed by atoms with Gasteiger partial charge in [-0.15, -0.1) is 0 Å². The highest BCUT2D eigenvalue weighted by molar-refractivity contribution is 6.10. The van der Waals surface area contributed by atoms with Crippen molar-refractivity contribution in [2.24, 2.45) is 0 Å². The molecule has 1 aliphatic heterocycles. The molecule has 7 nitrogen and oxygen atoms in total. The van der Waals surface area contributed by atoms with Crippen LogP contribution in [0.4, 0.5) is 23.2 Å². The number of carbonyl (C=O) groups is 2. The minimum absolute atomic E-state index is 0.0682. The lowest BCUT2D eigenvalue weighted by atomic mass is 9.65. The van der Waals surface area contributed by atoms with Crippen molar-refractivity contribution < 1.29 is 31.6 Å². The Labute approximate surface area is 208 Å². The number of halogens is 4. The van der Waals surface area contributed by atoms with Crippen molar-refractivity contribution in [3.05, 3.63) is 82.8 Å². The van der Waals surface area contributed by atoms with Crippen LogP contribution in [0.25, 0.3) is 0 Å². The van der Waals surface area contributed by atoms with E-state index in [4.69, 9.17) is 9.68 Å². The minimum Gasteiger partial charge on any atom is -0.446 e. The molecule has 11 heteroatoms. The molecule has 2 heterocycles. The van der Waals surface area contributed by atoms with E-state index in [1.807, 2.05) is 6.07 Å². The molecule has 1 aliphatic carbocycles. The van der Waals surface area contributed by atoms with Crippen LogP contribution in [0, 0.1) is 24.1 Å². The highest BCUT2D eigenvalue weighted by atomic mass is 19.4. The molecule has 2 aliphatic rings. The van der Waals surface area contributed by atoms with Gasteiger partial charge in [0.25, 0.3) is 5.91 Å². The van der Waals surface area contributed by atoms with Gasteiger partial charge in [-0.1, -0.05) is 12.1 Å². The molecule has 2 fully saturated rings. The Morgan fingerprint density at radius 1 is 1.16 bits per heavy atom. The number of piperazine rings is 1. The first-order valence-electron chi connectivity index (χ1n) is 11.4. The zero-order chi connectivity index (χ0) is 26.5. The molecule has 1 saturated carbocycles. The van der Waals surface area contributed by atoms with Crippen LogP contribution in [0.5, 0.6) is 0 Å². The second-order valence-electron chi connectivity index (χ2n) is 9.29. The molecule has 5 rings (SSSR count). The van der Waals surface area contributed by atoms with Gasteiger partial charge in [-0.3, -0.25) is 14.5 Å². The number of aryl methyl sites for hydroxylation is 1. The van der Waals surface area contributed by atoms with Crippen molar-refractivity contribution in [3.63, 3.8) is 0 Å². The third-order valence-electron chi connectivity index (χ3n) is 6.90. The second kappa shape index (κ2) is 8.73. The zero-order valence-electron chi connectivity index (χ0n) is 19.6. The number of rotatable bonds is 4. The maximum Gasteiger partial charge on any atom is 0.416 e. The van der Waals surface area contributed by atoms with Gasteiger partial charge in [0.05, 0.1) is 29.1 Å². The fourth-order valence-corrected chi connectivity index (χ4v) is 4.99. The normalized spacial score (nSPS) is 21.8. The summed E-state index contributed by atoms with van der Waals surface area (Å²) in [6.07, 6.45) is -2.64. The Bertz CT molecular complexity index is 1420. The van der Waals surface area contributed by atoms with Gasteiger partial charge in [-0.05, 0) is 55.7 Å². The van der Waals surface area contributed by atoms with Gasteiger partial charge in [0.2, 0.25) is 5.91 Å². The van der Waals surface area contributed by atoms with Gasteiger partial charge in [0, 0.05) is 12.5 Å². The van der Waals surface area contributed by atoms with Crippen molar-refractivity contribution in [2.45, 2.75) is 43.9 Å². The van der Waals surface area contributed by atoms with Gasteiger partial charge >= 0.3 is 6.18 Å². The second-order valence-corrected chi connectivity index (χ2v) is 9.29. The van der Waals surface area contributed by atoms with Crippen LogP contribution in [0.2, 0.25) is 0 Å². The van der Waals surface area contributed by atoms with E-state index < -0.39 is 41.5 Å². The van der Waals surface area contributed by atoms with E-state index in [2.05, 4.69) is 4.98 Å². The lowest BCUT2D eigenvalue weighted by molar-refractivity contribution is -0.160. The smallest absolute Gasteiger partial charge is 0.416 e. The summed E-state index contributed by atoms with van der Waals surface area (Å²) in [6.45, 7) is 1.18. The average Bonchev–Trinajstić information content (AvgIpc) is 3.26. The van der Waals surface area contributed by atoms with Crippen molar-refractivity contribution in [1.29, 1.82) is 5.26 Å². The summed E-state index contributed by atoms with van der Waals surface area (Å²) in [5.41, 5.74) is -1.81. The van der Waals surface area contributed by atoms with E-state index in [0.29, 0.717) is 17.2 Å². The highest BCUT2D eigenvalue weighted by Gasteiger charge is 2.61. The van der Waals surface area contributed by atoms with E-state index >= 15 is 0 Å². The van der Waals surface area contributed by atoms with E-state index in [9.17, 15) is 27.2 Å². The summed E-state index contributed by atoms with van der Waals surface area (Å²) in [6, 6.07) is 9.86. The van der Waals surface area contributed by atoms with E-state index in [0.717, 1.165) is 23.1 Å². The van der Waals surface area contributed by atoms with Crippen LogP contribution in [-0.4, -0.2) is 33.8 Å². The molecule has 0 radical (unpaired) electrons. The van der Waals surface area contributed by atoms with Gasteiger partial charge < -0.3 is 9.32 Å². The number of anilines is 1. The molecule has 0 atom stereocenters. The molecule has 1 aromatic heterocycles. The third-order valence-corrected chi connectivity index (χ3v) is 6.90. The molecule has 0 unspecified atom stereocenters. The SMILES string of the molecule is Cc1cnc(C2CC3(C2)C(=O)N(c2ccc(C#N)cc2F)CC(=O)N3Cc2ccc(C(F)(F)F)cc2)o1. The van der Waals surface area contributed by atoms with E-state index in [-0.39, 0.29) is 36.6 Å². The predicted molar refractivity (Wildman–Crippen MR) is 121 cm³/mol. The predicted octanol–water partition coefficient (Wildman–Crippen LogP) is 4.70. The fourth-order valence-electron chi connectivity index (χ4n) is 4.99. The van der Waals surface area contributed by atoms with Crippen molar-refractivity contribution in [2.75, 3.05) is 11.4 Å². The number of amides is 2. The largest absolute Gasteiger partial charge is 0.446 e. The quantitative estimate of drug-likeness (QED) is 0.473. The highest BCUT2D eigenvalue weighted by Crippen LogP contribution is 2.51. The van der Waals surface area contributed by atoms with Gasteiger partial charge in [-0.25, -0.2) is 9.37 Å². The average molecular weight is 512 g/mol. The van der Waals surface area contributed by atoms with Crippen molar-refractivity contribution >= 4 is 17.5 Å². The molecule has 2 amide bonds. The number of oxazole rings is 1. The van der Waals surface area contributed by atoms with Gasteiger partial charge in [0.1, 0.15) is 23.7 Å². The van der Waals surface area contributed by atoms with Crippen LogP contribution in [0.1, 0.15) is 47.1 Å². The Kier molecular flexibility index (Phi) is 5.78. The molecule has 37 heavy (non-hydrogen) atoms. The van der Waals surface area contributed by atoms with Crippen molar-refractivity contribution in [1.82, 2.24) is 9.88 Å². The van der Waals surface area contributed by atoms with Gasteiger partial charge in [0.15, 0.2) is 5.89 Å². The molecule has 190 valence electrons. The van der Waals surface area contributed by atoms with Crippen LogP contribution >= 0.6 is 0 Å². The molecule has 3 aromatic rings. The Balaban J connectivity index is 1.48. The third kappa shape index (κ3) is 4.22. The number of alkyl halides is 3. The molecular formula is C26H20F4N4O3. The fraction of sp³-hybridized carbons (Fsp3) is 0.308. The minimum atomic E-state index is -4.50. The van der Waals surface area contributed by atoms with Crippen LogP contribution in [0.15, 0.2) is 53.1 Å². The number of hydrogen-bond acceptors (Lipinski definition) is 5. The first-order valence-corrected chi connectivity index (χ1v) is 11.4. The van der Waals surface area contributed by atoms with Crippen LogP contribution in [-0.2, 0) is 22.3 Å². The summed E-state index contributed by atoms with van der Waals surface area (Å²) >= 11 is 0. The standard InChI is InChI=1S/C26H20F4N4O3/c1-15-12-32-23(37-15)18-9-25(10-18)24(36)33(21-7-4-17(11-31)8-20(21)27)14-22(35)34(25)13-16-2-5-19(6-3-16)26(28,29)30/h2-8,12,18H,9-10,13-14H2,1H3. The Morgan fingerprint density at radius 2 is 1.86 bits per heavy atom. The van der Waals surface area contributed by atoms with Crippen LogP contribution in [0.3, 0.4) is 0 Å². The molecule has 1 saturated heterocycles. The number of aromatic nitrogens is 1. The lowest BCUT2D eigenvalue weighted by Crippen LogP contribution is -2.72. The Morgan fingerprint density at radius 3 is 2.43 bits per heavy atom. The molecular weight excluding hydrogens is 492 g/mol. The number of hydrogen-bond donors (Lipinski definition) is 0. The summed E-state index contributed by atoms with van der Waals surface area (Å²) in [5.74, 6) is -1.08. The maximum absolute atomic E-state index is 14.8. The first-order chi connectivity index (χ1) is 17.5.